The summed E-state index contributed by atoms with van der Waals surface area (Å²) in [5.74, 6) is -0.928. The number of aliphatic imine (C=N–C) groups is 1. The van der Waals surface area contributed by atoms with E-state index in [0.29, 0.717) is 49.4 Å². The van der Waals surface area contributed by atoms with Crippen molar-refractivity contribution in [3.05, 3.63) is 94.5 Å². The smallest absolute Gasteiger partial charge is 0.303 e. The Morgan fingerprint density at radius 3 is 2.51 bits per heavy atom. The van der Waals surface area contributed by atoms with Crippen molar-refractivity contribution >= 4 is 29.5 Å². The van der Waals surface area contributed by atoms with Crippen LogP contribution in [0.15, 0.2) is 71.7 Å². The summed E-state index contributed by atoms with van der Waals surface area (Å²) < 4.78 is 0. The summed E-state index contributed by atoms with van der Waals surface area (Å²) in [5.41, 5.74) is 18.0. The lowest BCUT2D eigenvalue weighted by Crippen LogP contribution is -2.33. The number of carboxylic acid groups (broad SMARTS) is 1. The minimum absolute atomic E-state index is 0.0382. The van der Waals surface area contributed by atoms with Gasteiger partial charge in [-0.05, 0) is 84.7 Å². The van der Waals surface area contributed by atoms with Crippen LogP contribution in [0.1, 0.15) is 70.6 Å². The van der Waals surface area contributed by atoms with Crippen LogP contribution in [-0.4, -0.2) is 47.7 Å². The van der Waals surface area contributed by atoms with Gasteiger partial charge in [-0.3, -0.25) is 14.6 Å². The number of rotatable bonds is 12. The second-order valence-corrected chi connectivity index (χ2v) is 10.2. The topological polar surface area (TPSA) is 122 Å². The number of carboxylic acids is 1. The number of unbranched alkanes of at least 4 members (excludes halogenated alkanes) is 3. The second kappa shape index (κ2) is 13.7. The number of nitrogen functional groups attached to an aromatic ring is 1. The van der Waals surface area contributed by atoms with Crippen molar-refractivity contribution in [2.24, 2.45) is 10.7 Å². The lowest BCUT2D eigenvalue weighted by molar-refractivity contribution is -0.137. The van der Waals surface area contributed by atoms with Crippen LogP contribution in [0.5, 0.6) is 0 Å². The van der Waals surface area contributed by atoms with E-state index < -0.39 is 5.97 Å². The Balaban J connectivity index is 1.56. The first-order valence-electron chi connectivity index (χ1n) is 13.7. The van der Waals surface area contributed by atoms with Crippen molar-refractivity contribution in [3.8, 4) is 0 Å². The summed E-state index contributed by atoms with van der Waals surface area (Å²) in [4.78, 5) is 31.7. The number of hydrogen-bond donors (Lipinski definition) is 3. The minimum Gasteiger partial charge on any atom is -0.481 e. The van der Waals surface area contributed by atoms with E-state index in [9.17, 15) is 14.7 Å². The molecule has 3 aromatic rings. The SMILES string of the molecule is NCCCCCCN(CC=Nc1ccccc1N)C(=O)c1ccc2c(c1)Cc1ccccc1[C@H](CC(=O)O)C2. The molecule has 0 saturated heterocycles. The fraction of sp³-hybridized carbons (Fsp3) is 0.344. The molecule has 0 bridgehead atoms. The molecule has 0 heterocycles. The molecule has 0 radical (unpaired) electrons. The third kappa shape index (κ3) is 7.54. The van der Waals surface area contributed by atoms with E-state index in [-0.39, 0.29) is 18.2 Å². The number of nitrogens with two attached hydrogens (primary N) is 2. The summed E-state index contributed by atoms with van der Waals surface area (Å²) in [7, 11) is 0. The highest BCUT2D eigenvalue weighted by atomic mass is 16.4. The molecule has 4 rings (SSSR count). The average molecular weight is 527 g/mol. The monoisotopic (exact) mass is 526 g/mol. The Hall–Kier alpha value is -3.97. The molecule has 0 unspecified atom stereocenters. The van der Waals surface area contributed by atoms with Crippen LogP contribution in [0.25, 0.3) is 0 Å². The first kappa shape index (κ1) is 28.0. The summed E-state index contributed by atoms with van der Waals surface area (Å²) in [6.07, 6.45) is 7.08. The van der Waals surface area contributed by atoms with Gasteiger partial charge in [0.05, 0.1) is 24.3 Å². The third-order valence-corrected chi connectivity index (χ3v) is 7.35. The summed E-state index contributed by atoms with van der Waals surface area (Å²) >= 11 is 0. The van der Waals surface area contributed by atoms with Gasteiger partial charge in [-0.15, -0.1) is 0 Å². The van der Waals surface area contributed by atoms with E-state index in [0.717, 1.165) is 47.9 Å². The van der Waals surface area contributed by atoms with Crippen molar-refractivity contribution < 1.29 is 14.7 Å². The normalized spacial score (nSPS) is 14.4. The Labute approximate surface area is 230 Å². The van der Waals surface area contributed by atoms with E-state index in [1.807, 2.05) is 65.6 Å². The Kier molecular flexibility index (Phi) is 9.86. The second-order valence-electron chi connectivity index (χ2n) is 10.2. The molecule has 1 atom stereocenters. The van der Waals surface area contributed by atoms with Gasteiger partial charge >= 0.3 is 5.97 Å². The fourth-order valence-electron chi connectivity index (χ4n) is 5.29. The van der Waals surface area contributed by atoms with Crippen molar-refractivity contribution in [2.45, 2.75) is 50.9 Å². The first-order chi connectivity index (χ1) is 19.0. The summed E-state index contributed by atoms with van der Waals surface area (Å²) in [6, 6.07) is 21.3. The maximum absolute atomic E-state index is 13.7. The summed E-state index contributed by atoms with van der Waals surface area (Å²) in [6.45, 7) is 1.68. The van der Waals surface area contributed by atoms with Gasteiger partial charge in [0, 0.05) is 18.3 Å². The van der Waals surface area contributed by atoms with Crippen LogP contribution in [-0.2, 0) is 17.6 Å². The van der Waals surface area contributed by atoms with Crippen LogP contribution >= 0.6 is 0 Å². The first-order valence-corrected chi connectivity index (χ1v) is 13.7. The number of benzene rings is 3. The molecule has 0 fully saturated rings. The maximum Gasteiger partial charge on any atom is 0.303 e. The number of aliphatic carboxylic acids is 1. The molecule has 1 aliphatic carbocycles. The number of nitrogens with zero attached hydrogens (tertiary/aromatic N) is 2. The highest BCUT2D eigenvalue weighted by molar-refractivity contribution is 5.96. The molecule has 3 aromatic carbocycles. The molecular weight excluding hydrogens is 488 g/mol. The zero-order valence-electron chi connectivity index (χ0n) is 22.4. The van der Waals surface area contributed by atoms with E-state index in [2.05, 4.69) is 11.1 Å². The van der Waals surface area contributed by atoms with Crippen molar-refractivity contribution in [3.63, 3.8) is 0 Å². The van der Waals surface area contributed by atoms with Gasteiger partial charge in [0.2, 0.25) is 0 Å². The fourth-order valence-corrected chi connectivity index (χ4v) is 5.29. The van der Waals surface area contributed by atoms with Gasteiger partial charge in [-0.2, -0.15) is 0 Å². The van der Waals surface area contributed by atoms with E-state index >= 15 is 0 Å². The van der Waals surface area contributed by atoms with E-state index in [1.165, 1.54) is 0 Å². The predicted molar refractivity (Wildman–Crippen MR) is 157 cm³/mol. The van der Waals surface area contributed by atoms with Crippen molar-refractivity contribution in [2.75, 3.05) is 25.4 Å². The Morgan fingerprint density at radius 2 is 1.72 bits per heavy atom. The number of amides is 1. The molecule has 7 nitrogen and oxygen atoms in total. The number of anilines is 1. The number of hydrogen-bond acceptors (Lipinski definition) is 5. The molecule has 0 saturated carbocycles. The molecular formula is C32H38N4O3. The van der Waals surface area contributed by atoms with E-state index in [1.54, 1.807) is 6.21 Å². The molecule has 39 heavy (non-hydrogen) atoms. The number of carbonyl (C=O) groups excluding carboxylic acids is 1. The molecule has 204 valence electrons. The average Bonchev–Trinajstić information content (AvgIpc) is 3.08. The van der Waals surface area contributed by atoms with Crippen LogP contribution in [0.3, 0.4) is 0 Å². The van der Waals surface area contributed by atoms with Gasteiger partial charge in [-0.25, -0.2) is 0 Å². The standard InChI is InChI=1S/C32H38N4O3/c33-15-7-1-2-8-17-36(18-16-35-30-12-6-5-11-29(30)34)32(39)25-14-13-23-19-27(22-31(37)38)28-10-4-3-9-24(28)20-26(23)21-25/h3-6,9-14,16,21,27H,1-2,7-8,15,17-20,22,33-34H2,(H,37,38)/t27-/m0/s1. The van der Waals surface area contributed by atoms with Crippen LogP contribution < -0.4 is 11.5 Å². The maximum atomic E-state index is 13.7. The molecule has 1 aliphatic rings. The van der Waals surface area contributed by atoms with Crippen LogP contribution in [0, 0.1) is 0 Å². The highest BCUT2D eigenvalue weighted by Gasteiger charge is 2.25. The largest absolute Gasteiger partial charge is 0.481 e. The van der Waals surface area contributed by atoms with E-state index in [4.69, 9.17) is 11.5 Å². The Morgan fingerprint density at radius 1 is 0.949 bits per heavy atom. The highest BCUT2D eigenvalue weighted by Crippen LogP contribution is 2.34. The molecule has 5 N–H and O–H groups in total. The van der Waals surface area contributed by atoms with Gasteiger partial charge in [0.1, 0.15) is 0 Å². The Bertz CT molecular complexity index is 1320. The summed E-state index contributed by atoms with van der Waals surface area (Å²) in [5, 5.41) is 9.51. The van der Waals surface area contributed by atoms with Gasteiger partial charge in [0.15, 0.2) is 0 Å². The minimum atomic E-state index is -0.800. The quantitative estimate of drug-likeness (QED) is 0.167. The van der Waals surface area contributed by atoms with Crippen molar-refractivity contribution in [1.82, 2.24) is 4.90 Å². The van der Waals surface area contributed by atoms with Gasteiger partial charge in [-0.1, -0.05) is 55.3 Å². The number of para-hydroxylation sites is 2. The number of carbonyl (C=O) groups is 2. The molecule has 0 aliphatic heterocycles. The molecule has 0 spiro atoms. The zero-order valence-corrected chi connectivity index (χ0v) is 22.4. The van der Waals surface area contributed by atoms with Crippen LogP contribution in [0.2, 0.25) is 0 Å². The zero-order chi connectivity index (χ0) is 27.6. The van der Waals surface area contributed by atoms with Gasteiger partial charge in [0.25, 0.3) is 5.91 Å². The number of fused-ring (bicyclic) bond motifs is 2. The lowest BCUT2D eigenvalue weighted by Gasteiger charge is -2.22. The van der Waals surface area contributed by atoms with Crippen LogP contribution in [0.4, 0.5) is 11.4 Å². The molecule has 7 heteroatoms. The van der Waals surface area contributed by atoms with Gasteiger partial charge < -0.3 is 21.5 Å². The molecule has 1 amide bonds. The van der Waals surface area contributed by atoms with Crippen molar-refractivity contribution in [1.29, 1.82) is 0 Å². The predicted octanol–water partition coefficient (Wildman–Crippen LogP) is 5.34. The molecule has 0 aromatic heterocycles. The lowest BCUT2D eigenvalue weighted by atomic mass is 9.89. The third-order valence-electron chi connectivity index (χ3n) is 7.35.